The molecular formula is C26H22ClN5O2S. The average molecular weight is 504 g/mol. The summed E-state index contributed by atoms with van der Waals surface area (Å²) in [6.45, 7) is 0. The number of aliphatic hydroxyl groups is 2. The number of thiophene rings is 1. The Bertz CT molecular complexity index is 1490. The van der Waals surface area contributed by atoms with Crippen LogP contribution in [0, 0.1) is 23.7 Å². The third-order valence-electron chi connectivity index (χ3n) is 7.42. The minimum atomic E-state index is -0.837. The van der Waals surface area contributed by atoms with Crippen molar-refractivity contribution < 1.29 is 10.2 Å². The quantitative estimate of drug-likeness (QED) is 0.366. The highest BCUT2D eigenvalue weighted by molar-refractivity contribution is 7.16. The number of benzene rings is 1. The van der Waals surface area contributed by atoms with Gasteiger partial charge in [0.1, 0.15) is 6.10 Å². The zero-order valence-electron chi connectivity index (χ0n) is 18.5. The minimum Gasteiger partial charge on any atom is -0.390 e. The van der Waals surface area contributed by atoms with E-state index in [-0.39, 0.29) is 23.9 Å². The summed E-state index contributed by atoms with van der Waals surface area (Å²) in [6, 6.07) is 14.1. The third-order valence-corrected chi connectivity index (χ3v) is 8.57. The number of halogens is 1. The number of anilines is 1. The number of fused-ring (bicyclic) bond motifs is 2. The predicted molar refractivity (Wildman–Crippen MR) is 134 cm³/mol. The van der Waals surface area contributed by atoms with Crippen LogP contribution < -0.4 is 5.32 Å². The molecule has 4 aromatic rings. The first kappa shape index (κ1) is 21.3. The normalized spacial score (nSPS) is 30.5. The summed E-state index contributed by atoms with van der Waals surface area (Å²) in [5, 5.41) is 24.6. The summed E-state index contributed by atoms with van der Waals surface area (Å²) in [5.41, 5.74) is 2.58. The molecule has 1 aromatic carbocycles. The zero-order chi connectivity index (χ0) is 23.7. The Labute approximate surface area is 210 Å². The van der Waals surface area contributed by atoms with E-state index < -0.39 is 12.2 Å². The molecule has 0 radical (unpaired) electrons. The lowest BCUT2D eigenvalue weighted by Crippen LogP contribution is -2.31. The third kappa shape index (κ3) is 3.71. The second-order valence-electron chi connectivity index (χ2n) is 9.61. The molecule has 7 nitrogen and oxygen atoms in total. The van der Waals surface area contributed by atoms with Gasteiger partial charge in [0.2, 0.25) is 5.82 Å². The van der Waals surface area contributed by atoms with Gasteiger partial charge in [0.15, 0.2) is 17.0 Å². The van der Waals surface area contributed by atoms with E-state index in [1.54, 1.807) is 6.33 Å². The molecule has 3 fully saturated rings. The molecule has 3 aliphatic carbocycles. The van der Waals surface area contributed by atoms with Crippen molar-refractivity contribution >= 4 is 39.9 Å². The molecule has 7 rings (SSSR count). The molecule has 0 spiro atoms. The molecule has 3 aliphatic rings. The number of rotatable bonds is 4. The minimum absolute atomic E-state index is 0.146. The van der Waals surface area contributed by atoms with Crippen LogP contribution in [0.25, 0.3) is 11.2 Å². The fourth-order valence-electron chi connectivity index (χ4n) is 5.49. The molecule has 35 heavy (non-hydrogen) atoms. The van der Waals surface area contributed by atoms with E-state index in [4.69, 9.17) is 21.6 Å². The van der Waals surface area contributed by atoms with E-state index >= 15 is 0 Å². The summed E-state index contributed by atoms with van der Waals surface area (Å²) in [5.74, 6) is 8.01. The number of nitrogens with zero attached hydrogens (tertiary/aromatic N) is 4. The van der Waals surface area contributed by atoms with Crippen molar-refractivity contribution in [1.82, 2.24) is 19.5 Å². The molecule has 3 saturated carbocycles. The van der Waals surface area contributed by atoms with Crippen LogP contribution in [-0.2, 0) is 0 Å². The number of imidazole rings is 1. The molecule has 0 bridgehead atoms. The maximum Gasteiger partial charge on any atom is 0.209 e. The van der Waals surface area contributed by atoms with Crippen LogP contribution in [0.5, 0.6) is 0 Å². The van der Waals surface area contributed by atoms with Gasteiger partial charge in [-0.15, -0.1) is 11.3 Å². The van der Waals surface area contributed by atoms with Crippen molar-refractivity contribution in [3.63, 3.8) is 0 Å². The first-order chi connectivity index (χ1) is 17.1. The first-order valence-corrected chi connectivity index (χ1v) is 13.0. The fourth-order valence-corrected chi connectivity index (χ4v) is 6.39. The summed E-state index contributed by atoms with van der Waals surface area (Å²) in [7, 11) is 0. The zero-order valence-corrected chi connectivity index (χ0v) is 20.1. The maximum atomic E-state index is 10.7. The number of hydrogen-bond donors (Lipinski definition) is 3. The lowest BCUT2D eigenvalue weighted by Gasteiger charge is -2.22. The largest absolute Gasteiger partial charge is 0.390 e. The van der Waals surface area contributed by atoms with E-state index in [9.17, 15) is 10.2 Å². The molecule has 3 heterocycles. The summed E-state index contributed by atoms with van der Waals surface area (Å²) in [6.07, 6.45) is 2.09. The second-order valence-corrected chi connectivity index (χ2v) is 11.3. The van der Waals surface area contributed by atoms with Crippen molar-refractivity contribution in [2.45, 2.75) is 43.1 Å². The van der Waals surface area contributed by atoms with Crippen LogP contribution >= 0.6 is 22.9 Å². The van der Waals surface area contributed by atoms with E-state index in [2.05, 4.69) is 46.4 Å². The molecule has 0 aliphatic heterocycles. The number of aliphatic hydroxyl groups excluding tert-OH is 2. The molecule has 0 unspecified atom stereocenters. The molecule has 3 aromatic heterocycles. The molecule has 7 atom stereocenters. The highest BCUT2D eigenvalue weighted by Crippen LogP contribution is 2.58. The lowest BCUT2D eigenvalue weighted by atomic mass is 10.1. The van der Waals surface area contributed by atoms with Crippen LogP contribution in [0.2, 0.25) is 4.34 Å². The van der Waals surface area contributed by atoms with Gasteiger partial charge in [0.05, 0.1) is 27.7 Å². The molecule has 0 amide bonds. The Balaban J connectivity index is 1.27. The summed E-state index contributed by atoms with van der Waals surface area (Å²) in [4.78, 5) is 14.9. The van der Waals surface area contributed by atoms with Crippen molar-refractivity contribution in [2.24, 2.45) is 11.8 Å². The van der Waals surface area contributed by atoms with Crippen LogP contribution in [-0.4, -0.2) is 48.0 Å². The first-order valence-electron chi connectivity index (χ1n) is 11.8. The highest BCUT2D eigenvalue weighted by Gasteiger charge is 2.60. The fraction of sp³-hybridized carbons (Fsp3) is 0.346. The van der Waals surface area contributed by atoms with Crippen LogP contribution in [0.4, 0.5) is 5.82 Å². The van der Waals surface area contributed by atoms with Crippen LogP contribution in [0.3, 0.4) is 0 Å². The number of aromatic nitrogens is 4. The predicted octanol–water partition coefficient (Wildman–Crippen LogP) is 3.82. The van der Waals surface area contributed by atoms with Gasteiger partial charge in [0, 0.05) is 12.0 Å². The molecular weight excluding hydrogens is 482 g/mol. The molecule has 176 valence electrons. The number of nitrogens with one attached hydrogen (secondary N) is 1. The van der Waals surface area contributed by atoms with Crippen molar-refractivity contribution in [3.8, 4) is 11.8 Å². The van der Waals surface area contributed by atoms with E-state index in [1.165, 1.54) is 16.9 Å². The molecule has 9 heteroatoms. The Kier molecular flexibility index (Phi) is 4.90. The van der Waals surface area contributed by atoms with Gasteiger partial charge < -0.3 is 20.1 Å². The topological polar surface area (TPSA) is 96.1 Å². The Morgan fingerprint density at radius 1 is 1.00 bits per heavy atom. The smallest absolute Gasteiger partial charge is 0.209 e. The lowest BCUT2D eigenvalue weighted by molar-refractivity contribution is 0.00386. The highest BCUT2D eigenvalue weighted by atomic mass is 35.5. The van der Waals surface area contributed by atoms with Gasteiger partial charge in [-0.1, -0.05) is 41.9 Å². The van der Waals surface area contributed by atoms with Gasteiger partial charge >= 0.3 is 0 Å². The van der Waals surface area contributed by atoms with Crippen molar-refractivity contribution in [3.05, 3.63) is 69.4 Å². The van der Waals surface area contributed by atoms with Gasteiger partial charge in [-0.3, -0.25) is 0 Å². The van der Waals surface area contributed by atoms with Gasteiger partial charge in [-0.05, 0) is 54.2 Å². The monoisotopic (exact) mass is 503 g/mol. The van der Waals surface area contributed by atoms with Crippen LogP contribution in [0.15, 0.2) is 48.8 Å². The van der Waals surface area contributed by atoms with Crippen LogP contribution in [0.1, 0.15) is 41.1 Å². The van der Waals surface area contributed by atoms with Crippen molar-refractivity contribution in [1.29, 1.82) is 0 Å². The van der Waals surface area contributed by atoms with E-state index in [0.717, 1.165) is 17.7 Å². The van der Waals surface area contributed by atoms with Crippen molar-refractivity contribution in [2.75, 3.05) is 5.32 Å². The number of hydrogen-bond acceptors (Lipinski definition) is 7. The Morgan fingerprint density at radius 2 is 1.86 bits per heavy atom. The van der Waals surface area contributed by atoms with Gasteiger partial charge in [-0.2, -0.15) is 0 Å². The molecule has 3 N–H and O–H groups in total. The molecule has 0 saturated heterocycles. The Hall–Kier alpha value is -2.96. The van der Waals surface area contributed by atoms with E-state index in [1.807, 2.05) is 22.8 Å². The second kappa shape index (κ2) is 8.04. The summed E-state index contributed by atoms with van der Waals surface area (Å²) >= 11 is 7.46. The van der Waals surface area contributed by atoms with Gasteiger partial charge in [0.25, 0.3) is 0 Å². The average Bonchev–Trinajstić information content (AvgIpc) is 3.71. The van der Waals surface area contributed by atoms with Gasteiger partial charge in [-0.25, -0.2) is 15.0 Å². The maximum absolute atomic E-state index is 10.7. The van der Waals surface area contributed by atoms with E-state index in [0.29, 0.717) is 33.1 Å². The SMILES string of the molecule is O[C@@H]1[C@H](O)[C@@H]2C[C@@H]2[C@H]1n1cnc2c(N[C@H]3C[C@@H]3c3ccccc3)nc(C#Cc3ccc(Cl)s3)nc21. The summed E-state index contributed by atoms with van der Waals surface area (Å²) < 4.78 is 2.59. The standard InChI is InChI=1S/C26H22ClN5O2S/c27-19-8-6-14(35-19)7-9-20-30-25(29-18-11-15(18)13-4-2-1-3-5-13)21-26(31-20)32(12-28-21)22-16-10-17(16)23(33)24(22)34/h1-6,8,12,15-18,22-24,33-34H,10-11H2,(H,29,30,31)/t15-,16+,17-,18+,22-,23-,24+/m1/s1. The Morgan fingerprint density at radius 3 is 2.60 bits per heavy atom.